The van der Waals surface area contributed by atoms with Gasteiger partial charge < -0.3 is 10.1 Å². The number of rotatable bonds is 2. The van der Waals surface area contributed by atoms with Gasteiger partial charge in [0.1, 0.15) is 5.78 Å². The number of H-pyrrole nitrogens is 1. The van der Waals surface area contributed by atoms with Crippen LogP contribution < -0.4 is 0 Å². The molecule has 1 heterocycles. The Hall–Kier alpha value is -1.87. The number of hydrogen-bond donors (Lipinski definition) is 2. The average Bonchev–Trinajstić information content (AvgIpc) is 3.17. The molecule has 3 aliphatic rings. The van der Waals surface area contributed by atoms with E-state index in [1.807, 2.05) is 0 Å². The molecule has 2 aromatic rings. The summed E-state index contributed by atoms with van der Waals surface area (Å²) in [5.41, 5.74) is 2.74. The molecule has 0 saturated heterocycles. The highest BCUT2D eigenvalue weighted by Gasteiger charge is 2.71. The maximum absolute atomic E-state index is 14.2. The van der Waals surface area contributed by atoms with Gasteiger partial charge in [0.15, 0.2) is 0 Å². The van der Waals surface area contributed by atoms with Crippen LogP contribution in [0.25, 0.3) is 10.9 Å². The summed E-state index contributed by atoms with van der Waals surface area (Å²) in [5, 5.41) is 12.9. The zero-order valence-corrected chi connectivity index (χ0v) is 19.4. The molecule has 0 aliphatic heterocycles. The minimum atomic E-state index is -0.655. The SMILES string of the molecule is C=C(C)C1CC(=O)C23C(O)CCC(C)C2(C)CCC(C)C3C1c1c[nH]c2ccccc12. The summed E-state index contributed by atoms with van der Waals surface area (Å²) in [6.07, 6.45) is 6.03. The Kier molecular flexibility index (Phi) is 4.79. The Bertz CT molecular complexity index is 1040. The van der Waals surface area contributed by atoms with Crippen molar-refractivity contribution < 1.29 is 9.90 Å². The Balaban J connectivity index is 1.78. The van der Waals surface area contributed by atoms with Crippen LogP contribution in [0.4, 0.5) is 0 Å². The standard InChI is InChI=1S/C28H37NO2/c1-16(2)20-14-24(31)28-23(30)11-10-18(4)27(28,5)13-12-17(3)26(28)25(20)21-15-29-22-9-7-6-8-19(21)22/h6-9,15,17-18,20,23,25-26,29-30H,1,10-14H2,2-5H3. The highest BCUT2D eigenvalue weighted by atomic mass is 16.3. The number of ketones is 1. The third-order valence-electron chi connectivity index (χ3n) is 9.99. The van der Waals surface area contributed by atoms with Crippen molar-refractivity contribution in [1.29, 1.82) is 0 Å². The van der Waals surface area contributed by atoms with E-state index in [4.69, 9.17) is 0 Å². The van der Waals surface area contributed by atoms with E-state index in [9.17, 15) is 9.90 Å². The second-order valence-corrected chi connectivity index (χ2v) is 11.2. The van der Waals surface area contributed by atoms with Crippen molar-refractivity contribution in [3.63, 3.8) is 0 Å². The number of Topliss-reactive ketones (excluding diaryl/α,β-unsaturated/α-hetero) is 1. The molecule has 5 rings (SSSR count). The number of fused-ring (bicyclic) bond motifs is 1. The summed E-state index contributed by atoms with van der Waals surface area (Å²) in [5.74, 6) is 1.58. The molecule has 0 amide bonds. The minimum absolute atomic E-state index is 0.122. The number of hydrogen-bond acceptors (Lipinski definition) is 2. The fourth-order valence-electron chi connectivity index (χ4n) is 8.29. The molecule has 3 heteroatoms. The molecule has 166 valence electrons. The second kappa shape index (κ2) is 7.07. The Morgan fingerprint density at radius 2 is 1.94 bits per heavy atom. The van der Waals surface area contributed by atoms with Gasteiger partial charge in [-0.15, -0.1) is 0 Å². The molecule has 3 aliphatic carbocycles. The number of aromatic nitrogens is 1. The van der Waals surface area contributed by atoms with E-state index in [1.165, 1.54) is 10.9 Å². The first-order valence-corrected chi connectivity index (χ1v) is 12.2. The lowest BCUT2D eigenvalue weighted by Crippen LogP contribution is -2.69. The lowest BCUT2D eigenvalue weighted by Gasteiger charge is -2.68. The fourth-order valence-corrected chi connectivity index (χ4v) is 8.29. The van der Waals surface area contributed by atoms with Gasteiger partial charge in [0.2, 0.25) is 0 Å². The maximum Gasteiger partial charge on any atom is 0.143 e. The van der Waals surface area contributed by atoms with Gasteiger partial charge in [0.05, 0.1) is 11.5 Å². The molecular weight excluding hydrogens is 382 g/mol. The summed E-state index contributed by atoms with van der Waals surface area (Å²) in [7, 11) is 0. The minimum Gasteiger partial charge on any atom is -0.392 e. The Labute approximate surface area is 186 Å². The van der Waals surface area contributed by atoms with Crippen LogP contribution in [0.15, 0.2) is 42.6 Å². The van der Waals surface area contributed by atoms with Crippen molar-refractivity contribution in [2.45, 2.75) is 71.8 Å². The number of carbonyl (C=O) groups excluding carboxylic acids is 1. The lowest BCUT2D eigenvalue weighted by molar-refractivity contribution is -0.218. The van der Waals surface area contributed by atoms with Gasteiger partial charge in [-0.1, -0.05) is 51.1 Å². The zero-order valence-electron chi connectivity index (χ0n) is 19.4. The molecule has 1 spiro atoms. The van der Waals surface area contributed by atoms with Crippen molar-refractivity contribution in [2.75, 3.05) is 0 Å². The summed E-state index contributed by atoms with van der Waals surface area (Å²) >= 11 is 0. The quantitative estimate of drug-likeness (QED) is 0.566. The summed E-state index contributed by atoms with van der Waals surface area (Å²) in [4.78, 5) is 17.7. The largest absolute Gasteiger partial charge is 0.392 e. The zero-order chi connectivity index (χ0) is 22.1. The van der Waals surface area contributed by atoms with Gasteiger partial charge >= 0.3 is 0 Å². The molecule has 8 unspecified atom stereocenters. The van der Waals surface area contributed by atoms with Gasteiger partial charge in [0, 0.05) is 23.5 Å². The summed E-state index contributed by atoms with van der Waals surface area (Å²) in [6.45, 7) is 13.4. The molecule has 3 saturated carbocycles. The van der Waals surface area contributed by atoms with E-state index in [0.717, 1.165) is 36.8 Å². The molecule has 0 bridgehead atoms. The molecule has 3 nitrogen and oxygen atoms in total. The van der Waals surface area contributed by atoms with E-state index in [-0.39, 0.29) is 23.2 Å². The van der Waals surface area contributed by atoms with E-state index in [0.29, 0.717) is 24.0 Å². The average molecular weight is 420 g/mol. The van der Waals surface area contributed by atoms with Crippen molar-refractivity contribution in [3.8, 4) is 0 Å². The van der Waals surface area contributed by atoms with Crippen molar-refractivity contribution in [1.82, 2.24) is 4.98 Å². The number of aromatic amines is 1. The van der Waals surface area contributed by atoms with Crippen LogP contribution in [0.1, 0.15) is 71.3 Å². The van der Waals surface area contributed by atoms with E-state index in [2.05, 4.69) is 69.7 Å². The van der Waals surface area contributed by atoms with Crippen LogP contribution >= 0.6 is 0 Å². The first-order chi connectivity index (χ1) is 14.7. The lowest BCUT2D eigenvalue weighted by atomic mass is 9.35. The van der Waals surface area contributed by atoms with Gasteiger partial charge in [0.25, 0.3) is 0 Å². The van der Waals surface area contributed by atoms with Crippen molar-refractivity contribution in [2.24, 2.45) is 34.5 Å². The molecule has 31 heavy (non-hydrogen) atoms. The third kappa shape index (κ3) is 2.59. The first kappa shape index (κ1) is 21.0. The topological polar surface area (TPSA) is 53.1 Å². The molecule has 8 atom stereocenters. The number of para-hydroxylation sites is 1. The monoisotopic (exact) mass is 419 g/mol. The van der Waals surface area contributed by atoms with Gasteiger partial charge in [-0.2, -0.15) is 0 Å². The van der Waals surface area contributed by atoms with Crippen LogP contribution in [0.3, 0.4) is 0 Å². The van der Waals surface area contributed by atoms with Crippen LogP contribution in [0.2, 0.25) is 0 Å². The number of nitrogens with one attached hydrogen (secondary N) is 1. The summed E-state index contributed by atoms with van der Waals surface area (Å²) < 4.78 is 0. The van der Waals surface area contributed by atoms with E-state index >= 15 is 0 Å². The molecule has 1 aromatic carbocycles. The molecule has 3 fully saturated rings. The molecule has 2 N–H and O–H groups in total. The smallest absolute Gasteiger partial charge is 0.143 e. The molecule has 1 aromatic heterocycles. The highest BCUT2D eigenvalue weighted by molar-refractivity contribution is 5.90. The highest BCUT2D eigenvalue weighted by Crippen LogP contribution is 2.71. The van der Waals surface area contributed by atoms with Gasteiger partial charge in [-0.05, 0) is 79.2 Å². The first-order valence-electron chi connectivity index (χ1n) is 12.2. The molecular formula is C28H37NO2. The Morgan fingerprint density at radius 3 is 2.68 bits per heavy atom. The van der Waals surface area contributed by atoms with Crippen LogP contribution in [0, 0.1) is 34.5 Å². The normalized spacial score (nSPS) is 42.8. The summed E-state index contributed by atoms with van der Waals surface area (Å²) in [6, 6.07) is 8.50. The number of aliphatic hydroxyl groups excluding tert-OH is 1. The van der Waals surface area contributed by atoms with Gasteiger partial charge in [-0.3, -0.25) is 4.79 Å². The number of benzene rings is 1. The number of carbonyl (C=O) groups is 1. The maximum atomic E-state index is 14.2. The van der Waals surface area contributed by atoms with Crippen LogP contribution in [-0.2, 0) is 4.79 Å². The number of aliphatic hydroxyl groups is 1. The van der Waals surface area contributed by atoms with Crippen molar-refractivity contribution >= 4 is 16.7 Å². The van der Waals surface area contributed by atoms with Crippen LogP contribution in [-0.4, -0.2) is 22.0 Å². The predicted octanol–water partition coefficient (Wildman–Crippen LogP) is 6.25. The Morgan fingerprint density at radius 1 is 1.19 bits per heavy atom. The predicted molar refractivity (Wildman–Crippen MR) is 126 cm³/mol. The second-order valence-electron chi connectivity index (χ2n) is 11.2. The fraction of sp³-hybridized carbons (Fsp3) is 0.607. The van der Waals surface area contributed by atoms with Crippen molar-refractivity contribution in [3.05, 3.63) is 48.2 Å². The van der Waals surface area contributed by atoms with Crippen LogP contribution in [0.5, 0.6) is 0 Å². The van der Waals surface area contributed by atoms with Gasteiger partial charge in [-0.25, -0.2) is 0 Å². The molecule has 0 radical (unpaired) electrons. The van der Waals surface area contributed by atoms with E-state index in [1.54, 1.807) is 0 Å². The third-order valence-corrected chi connectivity index (χ3v) is 9.99. The van der Waals surface area contributed by atoms with E-state index < -0.39 is 11.5 Å². The number of allylic oxidation sites excluding steroid dienone is 1.